The molecule has 4 heterocycles. The van der Waals surface area contributed by atoms with E-state index in [9.17, 15) is 24.0 Å². The van der Waals surface area contributed by atoms with Gasteiger partial charge < -0.3 is 29.3 Å². The molecule has 4 aliphatic heterocycles. The smallest absolute Gasteiger partial charge is 0.355 e. The first-order chi connectivity index (χ1) is 27.2. The minimum absolute atomic E-state index is 0.0670. The molecule has 1 aromatic rings. The number of halogens is 1. The van der Waals surface area contributed by atoms with Crippen molar-refractivity contribution in [2.24, 2.45) is 10.1 Å². The average Bonchev–Trinajstić information content (AvgIpc) is 3.65. The molecule has 0 bridgehead atoms. The molecular weight excluding hydrogens is 778 g/mol. The van der Waals surface area contributed by atoms with Crippen LogP contribution in [0, 0.1) is 11.5 Å². The van der Waals surface area contributed by atoms with Crippen LogP contribution in [0.15, 0.2) is 104 Å². The van der Waals surface area contributed by atoms with Crippen LogP contribution in [-0.2, 0) is 44.9 Å². The number of nitriles is 1. The number of aliphatic imine (C=N–C) groups is 1. The van der Waals surface area contributed by atoms with E-state index < -0.39 is 53.1 Å². The van der Waals surface area contributed by atoms with Gasteiger partial charge in [0, 0.05) is 36.5 Å². The van der Waals surface area contributed by atoms with Gasteiger partial charge in [0.1, 0.15) is 46.7 Å². The van der Waals surface area contributed by atoms with Crippen LogP contribution < -0.4 is 15.4 Å². The van der Waals surface area contributed by atoms with Crippen molar-refractivity contribution in [3.8, 4) is 11.9 Å². The molecule has 0 aromatic heterocycles. The maximum absolute atomic E-state index is 13.9. The van der Waals surface area contributed by atoms with Crippen molar-refractivity contribution in [3.63, 3.8) is 0 Å². The van der Waals surface area contributed by atoms with E-state index in [-0.39, 0.29) is 36.2 Å². The number of rotatable bonds is 14. The number of thioether (sulfide) groups is 1. The Balaban J connectivity index is 1.34. The first-order valence-electron chi connectivity index (χ1n) is 17.6. The zero-order valence-electron chi connectivity index (χ0n) is 31.7. The fourth-order valence-corrected chi connectivity index (χ4v) is 7.16. The van der Waals surface area contributed by atoms with Crippen LogP contribution in [0.25, 0.3) is 0 Å². The number of oxime groups is 1. The molecule has 16 nitrogen and oxygen atoms in total. The Kier molecular flexibility index (Phi) is 13.8. The van der Waals surface area contributed by atoms with Gasteiger partial charge in [-0.05, 0) is 80.8 Å². The van der Waals surface area contributed by atoms with E-state index in [0.717, 1.165) is 11.1 Å². The third-order valence-electron chi connectivity index (χ3n) is 8.27. The molecular formula is C39H40ClN7O9S. The molecule has 3 amide bonds. The van der Waals surface area contributed by atoms with Crippen molar-refractivity contribution in [2.75, 3.05) is 26.0 Å². The van der Waals surface area contributed by atoms with Gasteiger partial charge in [0.25, 0.3) is 17.7 Å². The lowest BCUT2D eigenvalue weighted by Crippen LogP contribution is -2.71. The summed E-state index contributed by atoms with van der Waals surface area (Å²) in [6, 6.07) is 5.98. The standard InChI is InChI=1S/C39H40ClN7O9S/c1-6-55-45-30(17-31(48)56-39(2,3)4)35(50)44-32-36(51)47-33(38(52)54-20-23-7-9-28(53-5)10-8-23)26(21-57-37(32)47)19-46-13-11-24(12-14-46)25-15-27(42-18-25)16-29(40)34(49)43-22-41/h7-16,18,32,37H,6,17,19-21H2,1-5H3,(H,43,49)(H,44,50)/b29-16-,45-30+. The minimum Gasteiger partial charge on any atom is -0.497 e. The van der Waals surface area contributed by atoms with Gasteiger partial charge in [-0.15, -0.1) is 11.8 Å². The second kappa shape index (κ2) is 18.7. The first kappa shape index (κ1) is 42.0. The van der Waals surface area contributed by atoms with Crippen LogP contribution in [0.1, 0.15) is 39.7 Å². The minimum atomic E-state index is -1.03. The van der Waals surface area contributed by atoms with Crippen molar-refractivity contribution < 1.29 is 43.0 Å². The van der Waals surface area contributed by atoms with Gasteiger partial charge in [0.2, 0.25) is 0 Å². The van der Waals surface area contributed by atoms with E-state index in [1.165, 1.54) is 28.9 Å². The number of hydrogen-bond acceptors (Lipinski definition) is 14. The lowest BCUT2D eigenvalue weighted by molar-refractivity contribution is -0.154. The summed E-state index contributed by atoms with van der Waals surface area (Å²) in [5, 5.41) is 16.2. The van der Waals surface area contributed by atoms with Crippen molar-refractivity contribution >= 4 is 64.9 Å². The predicted octanol–water partition coefficient (Wildman–Crippen LogP) is 3.84. The average molecular weight is 818 g/mol. The zero-order chi connectivity index (χ0) is 41.3. The zero-order valence-corrected chi connectivity index (χ0v) is 33.3. The molecule has 298 valence electrons. The molecule has 0 saturated carbocycles. The number of hydrogen-bond donors (Lipinski definition) is 2. The number of carbonyl (C=O) groups excluding carboxylic acids is 5. The summed E-state index contributed by atoms with van der Waals surface area (Å²) in [4.78, 5) is 77.9. The number of ether oxygens (including phenoxy) is 3. The predicted molar refractivity (Wildman–Crippen MR) is 211 cm³/mol. The molecule has 2 N–H and O–H groups in total. The summed E-state index contributed by atoms with van der Waals surface area (Å²) >= 11 is 7.34. The molecule has 2 atom stereocenters. The van der Waals surface area contributed by atoms with Crippen LogP contribution in [0.5, 0.6) is 5.75 Å². The van der Waals surface area contributed by atoms with E-state index in [1.54, 1.807) is 83.8 Å². The number of carbonyl (C=O) groups is 5. The van der Waals surface area contributed by atoms with E-state index in [1.807, 2.05) is 22.4 Å². The SMILES string of the molecule is CCO/N=C(\CC(=O)OC(C)(C)C)C(=O)NC1C(=O)N2C(C(=O)OCc3ccc(OC)cc3)=C(CN3C=CC(=C4C=NC(/C=C(\Cl)C(=O)NC#N)=C4)C=C3)CSC12. The molecule has 18 heteroatoms. The number of fused-ring (bicyclic) bond motifs is 1. The van der Waals surface area contributed by atoms with Gasteiger partial charge in [0.15, 0.2) is 11.9 Å². The number of esters is 2. The lowest BCUT2D eigenvalue weighted by atomic mass is 10.0. The largest absolute Gasteiger partial charge is 0.497 e. The highest BCUT2D eigenvalue weighted by atomic mass is 35.5. The molecule has 1 fully saturated rings. The summed E-state index contributed by atoms with van der Waals surface area (Å²) in [5.41, 5.74) is 2.31. The first-order valence-corrected chi connectivity index (χ1v) is 19.0. The Morgan fingerprint density at radius 2 is 1.84 bits per heavy atom. The second-order valence-corrected chi connectivity index (χ2v) is 15.1. The Bertz CT molecular complexity index is 2090. The van der Waals surface area contributed by atoms with Gasteiger partial charge in [-0.2, -0.15) is 5.26 Å². The molecule has 1 aromatic carbocycles. The van der Waals surface area contributed by atoms with Gasteiger partial charge in [-0.1, -0.05) is 28.9 Å². The Morgan fingerprint density at radius 3 is 2.49 bits per heavy atom. The summed E-state index contributed by atoms with van der Waals surface area (Å²) in [5.74, 6) is -2.51. The topological polar surface area (TPSA) is 201 Å². The number of nitrogens with zero attached hydrogens (tertiary/aromatic N) is 5. The third kappa shape index (κ3) is 10.8. The number of allylic oxidation sites excluding steroid dienone is 6. The van der Waals surface area contributed by atoms with E-state index in [2.05, 4.69) is 15.5 Å². The van der Waals surface area contributed by atoms with Gasteiger partial charge in [-0.3, -0.25) is 34.4 Å². The quantitative estimate of drug-likeness (QED) is 0.0524. The van der Waals surface area contributed by atoms with E-state index in [4.69, 9.17) is 35.9 Å². The molecule has 0 radical (unpaired) electrons. The number of amides is 3. The normalized spacial score (nSPS) is 19.0. The summed E-state index contributed by atoms with van der Waals surface area (Å²) in [6.45, 7) is 7.05. The highest BCUT2D eigenvalue weighted by molar-refractivity contribution is 8.00. The summed E-state index contributed by atoms with van der Waals surface area (Å²) in [6.07, 6.45) is 13.0. The van der Waals surface area contributed by atoms with Crippen LogP contribution in [0.2, 0.25) is 0 Å². The molecule has 2 unspecified atom stereocenters. The molecule has 5 rings (SSSR count). The second-order valence-electron chi connectivity index (χ2n) is 13.6. The Labute approximate surface area is 338 Å². The maximum atomic E-state index is 13.9. The Morgan fingerprint density at radius 1 is 1.12 bits per heavy atom. The van der Waals surface area contributed by atoms with Crippen LogP contribution in [0.3, 0.4) is 0 Å². The highest BCUT2D eigenvalue weighted by Gasteiger charge is 2.54. The van der Waals surface area contributed by atoms with Gasteiger partial charge in [0.05, 0.1) is 19.2 Å². The van der Waals surface area contributed by atoms with Gasteiger partial charge >= 0.3 is 11.9 Å². The van der Waals surface area contributed by atoms with Crippen molar-refractivity contribution in [3.05, 3.63) is 99.7 Å². The van der Waals surface area contributed by atoms with Crippen LogP contribution in [0.4, 0.5) is 0 Å². The monoisotopic (exact) mass is 817 g/mol. The fourth-order valence-electron chi connectivity index (χ4n) is 5.66. The van der Waals surface area contributed by atoms with Gasteiger partial charge in [-0.25, -0.2) is 4.79 Å². The highest BCUT2D eigenvalue weighted by Crippen LogP contribution is 2.41. The molecule has 0 aliphatic carbocycles. The number of nitrogens with one attached hydrogen (secondary N) is 2. The lowest BCUT2D eigenvalue weighted by Gasteiger charge is -2.50. The van der Waals surface area contributed by atoms with Crippen molar-refractivity contribution in [2.45, 2.75) is 57.7 Å². The fraction of sp³-hybridized carbons (Fsp3) is 0.333. The van der Waals surface area contributed by atoms with E-state index in [0.29, 0.717) is 28.3 Å². The molecule has 57 heavy (non-hydrogen) atoms. The summed E-state index contributed by atoms with van der Waals surface area (Å²) in [7, 11) is 1.55. The molecule has 1 saturated heterocycles. The Hall–Kier alpha value is -6.12. The molecule has 4 aliphatic rings. The maximum Gasteiger partial charge on any atom is 0.355 e. The number of benzene rings is 1. The van der Waals surface area contributed by atoms with Crippen molar-refractivity contribution in [1.82, 2.24) is 20.4 Å². The number of β-lactam (4-membered cyclic amide) rings is 1. The third-order valence-corrected chi connectivity index (χ3v) is 9.89. The molecule has 0 spiro atoms. The van der Waals surface area contributed by atoms with Crippen LogP contribution in [-0.4, -0.2) is 94.4 Å². The number of methoxy groups -OCH3 is 1. The van der Waals surface area contributed by atoms with Crippen LogP contribution >= 0.6 is 23.4 Å². The van der Waals surface area contributed by atoms with Crippen molar-refractivity contribution in [1.29, 1.82) is 5.26 Å². The summed E-state index contributed by atoms with van der Waals surface area (Å²) < 4.78 is 16.3. The van der Waals surface area contributed by atoms with E-state index >= 15 is 0 Å².